The number of fused-ring (bicyclic) bond motifs is 1. The highest BCUT2D eigenvalue weighted by molar-refractivity contribution is 7.89. The molecule has 0 aromatic heterocycles. The smallest absolute Gasteiger partial charge is 0.338 e. The lowest BCUT2D eigenvalue weighted by Gasteiger charge is -2.08. The van der Waals surface area contributed by atoms with Crippen LogP contribution in [0, 0.1) is 0 Å². The third-order valence-corrected chi connectivity index (χ3v) is 4.47. The first-order chi connectivity index (χ1) is 12.8. The normalized spacial score (nSPS) is 12.5. The van der Waals surface area contributed by atoms with E-state index in [-0.39, 0.29) is 18.1 Å². The van der Waals surface area contributed by atoms with E-state index in [2.05, 4.69) is 5.32 Å². The second kappa shape index (κ2) is 7.67. The lowest BCUT2D eigenvalue weighted by Crippen LogP contribution is -2.20. The number of sulfone groups is 1. The first-order valence-electron chi connectivity index (χ1n) is 7.93. The van der Waals surface area contributed by atoms with Crippen LogP contribution in [-0.2, 0) is 25.1 Å². The summed E-state index contributed by atoms with van der Waals surface area (Å²) in [7, 11) is -3.15. The number of esters is 1. The average Bonchev–Trinajstić information content (AvgIpc) is 3.06. The third kappa shape index (κ3) is 5.20. The molecule has 1 heterocycles. The van der Waals surface area contributed by atoms with Crippen molar-refractivity contribution in [3.8, 4) is 11.5 Å². The van der Waals surface area contributed by atoms with Gasteiger partial charge in [0.15, 0.2) is 27.9 Å². The molecule has 0 aliphatic carbocycles. The van der Waals surface area contributed by atoms with E-state index in [9.17, 15) is 18.0 Å². The predicted octanol–water partition coefficient (Wildman–Crippen LogP) is 1.76. The Balaban J connectivity index is 1.51. The van der Waals surface area contributed by atoms with Crippen molar-refractivity contribution >= 4 is 27.4 Å². The number of hydrogen-bond donors (Lipinski definition) is 1. The maximum atomic E-state index is 12.0. The molecule has 27 heavy (non-hydrogen) atoms. The van der Waals surface area contributed by atoms with Crippen molar-refractivity contribution in [2.45, 2.75) is 5.75 Å². The molecule has 2 aromatic rings. The minimum absolute atomic E-state index is 0.111. The van der Waals surface area contributed by atoms with E-state index in [0.717, 1.165) is 6.26 Å². The minimum Gasteiger partial charge on any atom is -0.454 e. The fourth-order valence-corrected chi connectivity index (χ4v) is 3.22. The van der Waals surface area contributed by atoms with E-state index < -0.39 is 28.3 Å². The molecule has 8 nitrogen and oxygen atoms in total. The van der Waals surface area contributed by atoms with Crippen LogP contribution < -0.4 is 14.8 Å². The van der Waals surface area contributed by atoms with Crippen LogP contribution in [0.1, 0.15) is 15.9 Å². The van der Waals surface area contributed by atoms with Gasteiger partial charge in [-0.2, -0.15) is 0 Å². The maximum Gasteiger partial charge on any atom is 0.338 e. The summed E-state index contributed by atoms with van der Waals surface area (Å²) >= 11 is 0. The van der Waals surface area contributed by atoms with E-state index in [0.29, 0.717) is 22.7 Å². The Morgan fingerprint density at radius 3 is 2.48 bits per heavy atom. The molecule has 0 bridgehead atoms. The number of carbonyl (C=O) groups excluding carboxylic acids is 2. The molecule has 0 spiro atoms. The Morgan fingerprint density at radius 2 is 1.78 bits per heavy atom. The number of carbonyl (C=O) groups is 2. The van der Waals surface area contributed by atoms with Gasteiger partial charge in [0.2, 0.25) is 6.79 Å². The van der Waals surface area contributed by atoms with Gasteiger partial charge in [0.1, 0.15) is 0 Å². The predicted molar refractivity (Wildman–Crippen MR) is 96.5 cm³/mol. The average molecular weight is 391 g/mol. The molecule has 1 aliphatic rings. The summed E-state index contributed by atoms with van der Waals surface area (Å²) in [5.41, 5.74) is 1.28. The lowest BCUT2D eigenvalue weighted by molar-refractivity contribution is -0.119. The van der Waals surface area contributed by atoms with Gasteiger partial charge in [0.05, 0.1) is 11.3 Å². The highest BCUT2D eigenvalue weighted by atomic mass is 32.2. The zero-order chi connectivity index (χ0) is 19.4. The Kier molecular flexibility index (Phi) is 5.31. The van der Waals surface area contributed by atoms with Crippen molar-refractivity contribution in [1.29, 1.82) is 0 Å². The molecule has 1 amide bonds. The fourth-order valence-electron chi connectivity index (χ4n) is 2.43. The molecule has 0 atom stereocenters. The molecule has 0 fully saturated rings. The van der Waals surface area contributed by atoms with E-state index in [1.54, 1.807) is 18.2 Å². The maximum absolute atomic E-state index is 12.0. The van der Waals surface area contributed by atoms with E-state index >= 15 is 0 Å². The number of ether oxygens (including phenoxy) is 3. The second-order valence-electron chi connectivity index (χ2n) is 5.96. The van der Waals surface area contributed by atoms with Crippen molar-refractivity contribution in [3.63, 3.8) is 0 Å². The molecule has 3 rings (SSSR count). The first kappa shape index (κ1) is 18.7. The van der Waals surface area contributed by atoms with E-state index in [1.807, 2.05) is 0 Å². The Hall–Kier alpha value is -3.07. The van der Waals surface area contributed by atoms with Gasteiger partial charge in [-0.1, -0.05) is 12.1 Å². The number of anilines is 1. The van der Waals surface area contributed by atoms with Gasteiger partial charge in [0, 0.05) is 18.0 Å². The summed E-state index contributed by atoms with van der Waals surface area (Å²) in [5, 5.41) is 2.59. The largest absolute Gasteiger partial charge is 0.454 e. The number of benzene rings is 2. The number of nitrogens with one attached hydrogen (secondary N) is 1. The molecule has 9 heteroatoms. The summed E-state index contributed by atoms with van der Waals surface area (Å²) < 4.78 is 37.9. The Bertz CT molecular complexity index is 968. The monoisotopic (exact) mass is 391 g/mol. The van der Waals surface area contributed by atoms with Crippen LogP contribution in [0.4, 0.5) is 5.69 Å². The summed E-state index contributed by atoms with van der Waals surface area (Å²) in [4.78, 5) is 23.9. The van der Waals surface area contributed by atoms with Crippen LogP contribution in [-0.4, -0.2) is 39.9 Å². The number of rotatable bonds is 6. The molecule has 1 N–H and O–H groups in total. The van der Waals surface area contributed by atoms with Gasteiger partial charge in [-0.3, -0.25) is 4.79 Å². The van der Waals surface area contributed by atoms with Crippen molar-refractivity contribution in [2.24, 2.45) is 0 Å². The van der Waals surface area contributed by atoms with Gasteiger partial charge in [-0.05, 0) is 29.8 Å². The van der Waals surface area contributed by atoms with Crippen LogP contribution in [0.3, 0.4) is 0 Å². The SMILES string of the molecule is CS(=O)(=O)Cc1ccc(C(=O)OCC(=O)Nc2ccc3c(c2)OCO3)cc1. The van der Waals surface area contributed by atoms with Crippen LogP contribution in [0.5, 0.6) is 11.5 Å². The van der Waals surface area contributed by atoms with Crippen LogP contribution >= 0.6 is 0 Å². The summed E-state index contributed by atoms with van der Waals surface area (Å²) in [5.74, 6) is -0.171. The highest BCUT2D eigenvalue weighted by Crippen LogP contribution is 2.34. The van der Waals surface area contributed by atoms with E-state index in [4.69, 9.17) is 14.2 Å². The molecule has 1 aliphatic heterocycles. The van der Waals surface area contributed by atoms with Crippen molar-refractivity contribution < 1.29 is 32.2 Å². The standard InChI is InChI=1S/C18H17NO7S/c1-27(22,23)10-12-2-4-13(5-3-12)18(21)24-9-17(20)19-14-6-7-15-16(8-14)26-11-25-15/h2-8H,9-11H2,1H3,(H,19,20). The van der Waals surface area contributed by atoms with Gasteiger partial charge in [0.25, 0.3) is 5.91 Å². The van der Waals surface area contributed by atoms with Crippen molar-refractivity contribution in [3.05, 3.63) is 53.6 Å². The molecule has 2 aromatic carbocycles. The van der Waals surface area contributed by atoms with Crippen molar-refractivity contribution in [1.82, 2.24) is 0 Å². The van der Waals surface area contributed by atoms with Crippen molar-refractivity contribution in [2.75, 3.05) is 25.0 Å². The summed E-state index contributed by atoms with van der Waals surface area (Å²) in [6.45, 7) is -0.328. The van der Waals surface area contributed by atoms with Crippen LogP contribution in [0.2, 0.25) is 0 Å². The quantitative estimate of drug-likeness (QED) is 0.748. The zero-order valence-electron chi connectivity index (χ0n) is 14.4. The molecule has 0 unspecified atom stereocenters. The van der Waals surface area contributed by atoms with Crippen LogP contribution in [0.25, 0.3) is 0 Å². The molecule has 0 saturated heterocycles. The number of amides is 1. The molecule has 0 saturated carbocycles. The molecule has 0 radical (unpaired) electrons. The molecular formula is C18H17NO7S. The minimum atomic E-state index is -3.15. The van der Waals surface area contributed by atoms with Gasteiger partial charge in [-0.15, -0.1) is 0 Å². The topological polar surface area (TPSA) is 108 Å². The lowest BCUT2D eigenvalue weighted by atomic mass is 10.1. The summed E-state index contributed by atoms with van der Waals surface area (Å²) in [6, 6.07) is 10.9. The van der Waals surface area contributed by atoms with Gasteiger partial charge < -0.3 is 19.5 Å². The highest BCUT2D eigenvalue weighted by Gasteiger charge is 2.15. The molecule has 142 valence electrons. The Morgan fingerprint density at radius 1 is 1.07 bits per heavy atom. The molecular weight excluding hydrogens is 374 g/mol. The van der Waals surface area contributed by atoms with Gasteiger partial charge >= 0.3 is 5.97 Å². The number of hydrogen-bond acceptors (Lipinski definition) is 7. The van der Waals surface area contributed by atoms with E-state index in [1.165, 1.54) is 24.3 Å². The second-order valence-corrected chi connectivity index (χ2v) is 8.10. The fraction of sp³-hybridized carbons (Fsp3) is 0.222. The third-order valence-electron chi connectivity index (χ3n) is 3.61. The van der Waals surface area contributed by atoms with Gasteiger partial charge in [-0.25, -0.2) is 13.2 Å². The zero-order valence-corrected chi connectivity index (χ0v) is 15.2. The Labute approximate surface area is 156 Å². The van der Waals surface area contributed by atoms with Crippen LogP contribution in [0.15, 0.2) is 42.5 Å². The first-order valence-corrected chi connectivity index (χ1v) is 9.99. The summed E-state index contributed by atoms with van der Waals surface area (Å²) in [6.07, 6.45) is 1.13.